The van der Waals surface area contributed by atoms with E-state index in [1.54, 1.807) is 0 Å². The molecule has 7 heteroatoms. The second-order valence-electron chi connectivity index (χ2n) is 7.10. The van der Waals surface area contributed by atoms with Crippen LogP contribution >= 0.6 is 0 Å². The highest BCUT2D eigenvalue weighted by Crippen LogP contribution is 2.25. The number of nitrogens with zero attached hydrogens (tertiary/aromatic N) is 2. The molecule has 1 aliphatic heterocycles. The molecule has 1 aliphatic rings. The molecule has 140 valence electrons. The molecule has 1 aromatic carbocycles. The lowest BCUT2D eigenvalue weighted by atomic mass is 9.93. The van der Waals surface area contributed by atoms with Gasteiger partial charge in [-0.05, 0) is 24.3 Å². The number of hydrogen-bond donors (Lipinski definition) is 1. The normalized spacial score (nSPS) is 18.5. The minimum Gasteiger partial charge on any atom is -0.349 e. The van der Waals surface area contributed by atoms with Crippen molar-refractivity contribution in [3.05, 3.63) is 35.9 Å². The second-order valence-corrected chi connectivity index (χ2v) is 9.25. The summed E-state index contributed by atoms with van der Waals surface area (Å²) in [5, 5.41) is 3.16. The van der Waals surface area contributed by atoms with Crippen LogP contribution in [0.5, 0.6) is 0 Å². The number of amides is 1. The van der Waals surface area contributed by atoms with Gasteiger partial charge < -0.3 is 5.32 Å². The Hall–Kier alpha value is -1.44. The maximum Gasteiger partial charge on any atom is 0.281 e. The van der Waals surface area contributed by atoms with Gasteiger partial charge in [0.2, 0.25) is 5.91 Å². The Morgan fingerprint density at radius 3 is 2.20 bits per heavy atom. The van der Waals surface area contributed by atoms with Crippen molar-refractivity contribution >= 4 is 16.1 Å². The van der Waals surface area contributed by atoms with Crippen LogP contribution in [0.15, 0.2) is 30.3 Å². The lowest BCUT2D eigenvalue weighted by molar-refractivity contribution is -0.127. The molecule has 1 saturated heterocycles. The Bertz CT molecular complexity index is 666. The third-order valence-corrected chi connectivity index (χ3v) is 6.68. The minimum absolute atomic E-state index is 0.0180. The van der Waals surface area contributed by atoms with E-state index in [-0.39, 0.29) is 23.8 Å². The van der Waals surface area contributed by atoms with E-state index in [1.807, 2.05) is 30.3 Å². The molecule has 1 fully saturated rings. The second kappa shape index (κ2) is 8.29. The lowest BCUT2D eigenvalue weighted by Gasteiger charge is -2.33. The Balaban J connectivity index is 1.98. The smallest absolute Gasteiger partial charge is 0.281 e. The van der Waals surface area contributed by atoms with Crippen molar-refractivity contribution in [2.75, 3.05) is 27.2 Å². The number of rotatable bonds is 6. The van der Waals surface area contributed by atoms with Crippen molar-refractivity contribution in [2.24, 2.45) is 11.8 Å². The summed E-state index contributed by atoms with van der Waals surface area (Å²) in [6.45, 7) is 4.95. The SMILES string of the molecule is CC(C)[C@@H](NC(=O)C1CCN(S(=O)(=O)N(C)C)CC1)c1ccccc1. The first kappa shape index (κ1) is 19.9. The predicted octanol–water partition coefficient (Wildman–Crippen LogP) is 2.02. The summed E-state index contributed by atoms with van der Waals surface area (Å²) >= 11 is 0. The van der Waals surface area contributed by atoms with Crippen LogP contribution in [-0.4, -0.2) is 50.1 Å². The molecule has 0 saturated carbocycles. The fourth-order valence-electron chi connectivity index (χ4n) is 3.15. The first-order chi connectivity index (χ1) is 11.7. The topological polar surface area (TPSA) is 69.7 Å². The average molecular weight is 368 g/mol. The third-order valence-electron chi connectivity index (χ3n) is 4.74. The number of piperidine rings is 1. The molecule has 0 aromatic heterocycles. The van der Waals surface area contributed by atoms with E-state index in [4.69, 9.17) is 0 Å². The highest BCUT2D eigenvalue weighted by atomic mass is 32.2. The maximum atomic E-state index is 12.7. The summed E-state index contributed by atoms with van der Waals surface area (Å²) < 4.78 is 27.0. The van der Waals surface area contributed by atoms with Gasteiger partial charge in [-0.3, -0.25) is 4.79 Å². The molecule has 1 aromatic rings. The molecular formula is C18H29N3O3S. The first-order valence-corrected chi connectivity index (χ1v) is 10.2. The molecule has 0 aliphatic carbocycles. The van der Waals surface area contributed by atoms with Gasteiger partial charge in [-0.25, -0.2) is 0 Å². The summed E-state index contributed by atoms with van der Waals surface area (Å²) in [5.41, 5.74) is 1.10. The molecule has 1 N–H and O–H groups in total. The Morgan fingerprint density at radius 1 is 1.16 bits per heavy atom. The molecule has 6 nitrogen and oxygen atoms in total. The van der Waals surface area contributed by atoms with Crippen LogP contribution in [0.3, 0.4) is 0 Å². The van der Waals surface area contributed by atoms with Crippen molar-refractivity contribution < 1.29 is 13.2 Å². The van der Waals surface area contributed by atoms with E-state index in [0.29, 0.717) is 25.9 Å². The number of nitrogens with one attached hydrogen (secondary N) is 1. The molecule has 25 heavy (non-hydrogen) atoms. The molecule has 1 atom stereocenters. The zero-order valence-corrected chi connectivity index (χ0v) is 16.3. The van der Waals surface area contributed by atoms with Gasteiger partial charge in [-0.1, -0.05) is 44.2 Å². The summed E-state index contributed by atoms with van der Waals surface area (Å²) in [6.07, 6.45) is 1.11. The molecule has 0 spiro atoms. The zero-order chi connectivity index (χ0) is 18.6. The van der Waals surface area contributed by atoms with E-state index in [1.165, 1.54) is 22.7 Å². The van der Waals surface area contributed by atoms with Crippen LogP contribution in [0.2, 0.25) is 0 Å². The summed E-state index contributed by atoms with van der Waals surface area (Å²) in [4.78, 5) is 12.7. The monoisotopic (exact) mass is 367 g/mol. The Kier molecular flexibility index (Phi) is 6.59. The number of carbonyl (C=O) groups is 1. The van der Waals surface area contributed by atoms with Gasteiger partial charge in [0.15, 0.2) is 0 Å². The maximum absolute atomic E-state index is 12.7. The standard InChI is InChI=1S/C18H29N3O3S/c1-14(2)17(15-8-6-5-7-9-15)19-18(22)16-10-12-21(13-11-16)25(23,24)20(3)4/h5-9,14,16-17H,10-13H2,1-4H3,(H,19,22)/t17-/m1/s1. The van der Waals surface area contributed by atoms with E-state index in [9.17, 15) is 13.2 Å². The van der Waals surface area contributed by atoms with Gasteiger partial charge in [0.25, 0.3) is 10.2 Å². The first-order valence-electron chi connectivity index (χ1n) is 8.76. The molecule has 0 radical (unpaired) electrons. The summed E-state index contributed by atoms with van der Waals surface area (Å²) in [5.74, 6) is 0.156. The molecule has 1 amide bonds. The quantitative estimate of drug-likeness (QED) is 0.836. The van der Waals surface area contributed by atoms with Crippen LogP contribution in [0.25, 0.3) is 0 Å². The van der Waals surface area contributed by atoms with E-state index < -0.39 is 10.2 Å². The van der Waals surface area contributed by atoms with Crippen LogP contribution < -0.4 is 5.32 Å². The number of benzene rings is 1. The van der Waals surface area contributed by atoms with Gasteiger partial charge in [-0.15, -0.1) is 0 Å². The lowest BCUT2D eigenvalue weighted by Crippen LogP contribution is -2.47. The van der Waals surface area contributed by atoms with E-state index in [0.717, 1.165) is 5.56 Å². The molecule has 1 heterocycles. The predicted molar refractivity (Wildman–Crippen MR) is 99.1 cm³/mol. The average Bonchev–Trinajstić information content (AvgIpc) is 2.59. The van der Waals surface area contributed by atoms with Gasteiger partial charge in [0, 0.05) is 33.1 Å². The van der Waals surface area contributed by atoms with Gasteiger partial charge in [0.05, 0.1) is 6.04 Å². The molecule has 0 bridgehead atoms. The summed E-state index contributed by atoms with van der Waals surface area (Å²) in [6, 6.07) is 9.93. The van der Waals surface area contributed by atoms with E-state index in [2.05, 4.69) is 19.2 Å². The minimum atomic E-state index is -3.39. The Morgan fingerprint density at radius 2 is 1.72 bits per heavy atom. The van der Waals surface area contributed by atoms with E-state index >= 15 is 0 Å². The van der Waals surface area contributed by atoms with Crippen molar-refractivity contribution in [1.82, 2.24) is 13.9 Å². The fraction of sp³-hybridized carbons (Fsp3) is 0.611. The van der Waals surface area contributed by atoms with Crippen LogP contribution in [0, 0.1) is 11.8 Å². The van der Waals surface area contributed by atoms with Crippen molar-refractivity contribution in [2.45, 2.75) is 32.7 Å². The molecule has 0 unspecified atom stereocenters. The van der Waals surface area contributed by atoms with Crippen molar-refractivity contribution in [3.8, 4) is 0 Å². The molecule has 2 rings (SSSR count). The Labute approximate surface area is 151 Å². The van der Waals surface area contributed by atoms with Crippen molar-refractivity contribution in [1.29, 1.82) is 0 Å². The third kappa shape index (κ3) is 4.80. The van der Waals surface area contributed by atoms with Crippen LogP contribution in [0.4, 0.5) is 0 Å². The van der Waals surface area contributed by atoms with Gasteiger partial charge in [-0.2, -0.15) is 17.0 Å². The number of carbonyl (C=O) groups excluding carboxylic acids is 1. The zero-order valence-electron chi connectivity index (χ0n) is 15.5. The van der Waals surface area contributed by atoms with Crippen LogP contribution in [0.1, 0.15) is 38.3 Å². The van der Waals surface area contributed by atoms with Crippen molar-refractivity contribution in [3.63, 3.8) is 0 Å². The highest BCUT2D eigenvalue weighted by Gasteiger charge is 2.33. The van der Waals surface area contributed by atoms with Crippen LogP contribution in [-0.2, 0) is 15.0 Å². The fourth-order valence-corrected chi connectivity index (χ4v) is 4.28. The number of hydrogen-bond acceptors (Lipinski definition) is 3. The van der Waals surface area contributed by atoms with Gasteiger partial charge in [0.1, 0.15) is 0 Å². The largest absolute Gasteiger partial charge is 0.349 e. The summed E-state index contributed by atoms with van der Waals surface area (Å²) in [7, 11) is -0.336. The molecular weight excluding hydrogens is 338 g/mol. The highest BCUT2D eigenvalue weighted by molar-refractivity contribution is 7.86. The van der Waals surface area contributed by atoms with Gasteiger partial charge >= 0.3 is 0 Å².